The van der Waals surface area contributed by atoms with Crippen LogP contribution in [0, 0.1) is 5.82 Å². The van der Waals surface area contributed by atoms with Gasteiger partial charge < -0.3 is 9.26 Å². The Morgan fingerprint density at radius 1 is 1.24 bits per heavy atom. The number of ether oxygens (including phenoxy) is 1. The van der Waals surface area contributed by atoms with E-state index in [4.69, 9.17) is 9.26 Å². The van der Waals surface area contributed by atoms with Crippen LogP contribution in [0.3, 0.4) is 0 Å². The summed E-state index contributed by atoms with van der Waals surface area (Å²) in [5.41, 5.74) is 0.149. The topological polar surface area (TPSA) is 72.6 Å². The van der Waals surface area contributed by atoms with E-state index >= 15 is 0 Å². The van der Waals surface area contributed by atoms with Crippen LogP contribution in [0.25, 0.3) is 0 Å². The average Bonchev–Trinajstić information content (AvgIpc) is 3.00. The van der Waals surface area contributed by atoms with Gasteiger partial charge in [0, 0.05) is 11.8 Å². The van der Waals surface area contributed by atoms with Crippen molar-refractivity contribution in [2.24, 2.45) is 0 Å². The lowest BCUT2D eigenvalue weighted by Gasteiger charge is -2.30. The van der Waals surface area contributed by atoms with Crippen molar-refractivity contribution in [3.8, 4) is 0 Å². The average molecular weight is 348 g/mol. The maximum absolute atomic E-state index is 13.2. The summed E-state index contributed by atoms with van der Waals surface area (Å²) < 4.78 is 23.3. The van der Waals surface area contributed by atoms with Crippen molar-refractivity contribution in [3.05, 3.63) is 48.1 Å². The molecule has 0 aliphatic carbocycles. The number of rotatable bonds is 5. The quantitative estimate of drug-likeness (QED) is 0.776. The van der Waals surface area contributed by atoms with Gasteiger partial charge in [-0.25, -0.2) is 9.18 Å². The van der Waals surface area contributed by atoms with Gasteiger partial charge in [-0.1, -0.05) is 5.16 Å². The number of hydrogen-bond acceptors (Lipinski definition) is 5. The van der Waals surface area contributed by atoms with Gasteiger partial charge in [-0.2, -0.15) is 0 Å². The van der Waals surface area contributed by atoms with Gasteiger partial charge in [0.15, 0.2) is 0 Å². The molecule has 0 N–H and O–H groups in total. The largest absolute Gasteiger partial charge is 0.458 e. The number of halogens is 1. The van der Waals surface area contributed by atoms with Crippen LogP contribution in [-0.2, 0) is 20.7 Å². The van der Waals surface area contributed by atoms with Crippen LogP contribution < -0.4 is 4.90 Å². The molecule has 1 aromatic carbocycles. The number of benzene rings is 1. The van der Waals surface area contributed by atoms with E-state index in [1.54, 1.807) is 33.8 Å². The van der Waals surface area contributed by atoms with E-state index in [1.165, 1.54) is 35.4 Å². The smallest absolute Gasteiger partial charge is 0.329 e. The van der Waals surface area contributed by atoms with Crippen LogP contribution in [0.2, 0.25) is 0 Å². The van der Waals surface area contributed by atoms with Crippen molar-refractivity contribution < 1.29 is 23.2 Å². The highest BCUT2D eigenvalue weighted by atomic mass is 19.1. The van der Waals surface area contributed by atoms with Crippen LogP contribution in [0.1, 0.15) is 33.4 Å². The predicted molar refractivity (Wildman–Crippen MR) is 89.4 cm³/mol. The molecule has 0 saturated heterocycles. The zero-order valence-electron chi connectivity index (χ0n) is 14.7. The number of aromatic nitrogens is 1. The molecule has 1 amide bonds. The lowest BCUT2D eigenvalue weighted by molar-refractivity contribution is -0.156. The zero-order chi connectivity index (χ0) is 18.6. The summed E-state index contributed by atoms with van der Waals surface area (Å²) in [7, 11) is 0. The molecule has 0 bridgehead atoms. The molecule has 134 valence electrons. The van der Waals surface area contributed by atoms with Crippen LogP contribution in [0.5, 0.6) is 0 Å². The summed E-state index contributed by atoms with van der Waals surface area (Å²) in [6, 6.07) is 6.03. The first-order valence-corrected chi connectivity index (χ1v) is 7.87. The van der Waals surface area contributed by atoms with Crippen LogP contribution in [0.15, 0.2) is 41.1 Å². The number of carbonyl (C=O) groups is 2. The summed E-state index contributed by atoms with van der Waals surface area (Å²) in [6.07, 6.45) is 1.31. The number of amides is 1. The standard InChI is InChI=1S/C18H21FN2O4/c1-12(17(23)25-18(2,3)4)21(15-7-5-13(19)6-8-15)16(22)11-14-9-10-24-20-14/h5-10,12H,11H2,1-4H3. The van der Waals surface area contributed by atoms with Gasteiger partial charge in [0.25, 0.3) is 0 Å². The summed E-state index contributed by atoms with van der Waals surface area (Å²) in [4.78, 5) is 26.5. The Hall–Kier alpha value is -2.70. The minimum absolute atomic E-state index is 0.0545. The Balaban J connectivity index is 2.29. The third kappa shape index (κ3) is 5.14. The van der Waals surface area contributed by atoms with E-state index < -0.39 is 23.4 Å². The van der Waals surface area contributed by atoms with Crippen LogP contribution >= 0.6 is 0 Å². The molecule has 1 unspecified atom stereocenters. The maximum atomic E-state index is 13.2. The van der Waals surface area contributed by atoms with Gasteiger partial charge in [0.05, 0.1) is 12.1 Å². The molecule has 1 aromatic heterocycles. The molecule has 0 spiro atoms. The summed E-state index contributed by atoms with van der Waals surface area (Å²) in [5.74, 6) is -1.36. The highest BCUT2D eigenvalue weighted by Crippen LogP contribution is 2.21. The molecule has 6 nitrogen and oxygen atoms in total. The molecule has 0 aliphatic heterocycles. The highest BCUT2D eigenvalue weighted by molar-refractivity contribution is 6.00. The predicted octanol–water partition coefficient (Wildman–Crippen LogP) is 3.12. The molecule has 1 atom stereocenters. The fraction of sp³-hybridized carbons (Fsp3) is 0.389. The minimum Gasteiger partial charge on any atom is -0.458 e. The van der Waals surface area contributed by atoms with Crippen molar-refractivity contribution in [2.45, 2.75) is 45.8 Å². The third-order valence-corrected chi connectivity index (χ3v) is 3.33. The van der Waals surface area contributed by atoms with E-state index in [0.717, 1.165) is 0 Å². The first-order chi connectivity index (χ1) is 11.7. The van der Waals surface area contributed by atoms with E-state index in [-0.39, 0.29) is 12.3 Å². The van der Waals surface area contributed by atoms with Crippen LogP contribution in [0.4, 0.5) is 10.1 Å². The van der Waals surface area contributed by atoms with Crippen molar-refractivity contribution in [2.75, 3.05) is 4.90 Å². The van der Waals surface area contributed by atoms with Crippen molar-refractivity contribution in [1.29, 1.82) is 0 Å². The first-order valence-electron chi connectivity index (χ1n) is 7.87. The number of esters is 1. The van der Waals surface area contributed by atoms with Gasteiger partial charge >= 0.3 is 5.97 Å². The van der Waals surface area contributed by atoms with Crippen molar-refractivity contribution in [1.82, 2.24) is 5.16 Å². The van der Waals surface area contributed by atoms with Gasteiger partial charge in [0.2, 0.25) is 5.91 Å². The molecule has 1 heterocycles. The molecule has 25 heavy (non-hydrogen) atoms. The maximum Gasteiger partial charge on any atom is 0.329 e. The molecule has 7 heteroatoms. The number of nitrogens with zero attached hydrogens (tertiary/aromatic N) is 2. The fourth-order valence-corrected chi connectivity index (χ4v) is 2.25. The van der Waals surface area contributed by atoms with E-state index in [2.05, 4.69) is 5.16 Å². The first kappa shape index (κ1) is 18.6. The van der Waals surface area contributed by atoms with Crippen molar-refractivity contribution in [3.63, 3.8) is 0 Å². The lowest BCUT2D eigenvalue weighted by Crippen LogP contribution is -2.46. The second kappa shape index (κ2) is 7.46. The summed E-state index contributed by atoms with van der Waals surface area (Å²) >= 11 is 0. The Bertz CT molecular complexity index is 721. The Kier molecular flexibility index (Phi) is 5.56. The van der Waals surface area contributed by atoms with Crippen molar-refractivity contribution >= 4 is 17.6 Å². The Labute approximate surface area is 145 Å². The molecule has 0 saturated carbocycles. The number of anilines is 1. The molecule has 0 radical (unpaired) electrons. The SMILES string of the molecule is CC(C(=O)OC(C)(C)C)N(C(=O)Cc1ccon1)c1ccc(F)cc1. The minimum atomic E-state index is -0.885. The van der Waals surface area contributed by atoms with Gasteiger partial charge in [-0.15, -0.1) is 0 Å². The number of hydrogen-bond donors (Lipinski definition) is 0. The zero-order valence-corrected chi connectivity index (χ0v) is 14.7. The monoisotopic (exact) mass is 348 g/mol. The molecule has 2 rings (SSSR count). The lowest BCUT2D eigenvalue weighted by atomic mass is 10.1. The highest BCUT2D eigenvalue weighted by Gasteiger charge is 2.31. The van der Waals surface area contributed by atoms with Gasteiger partial charge in [-0.05, 0) is 52.0 Å². The van der Waals surface area contributed by atoms with E-state index in [9.17, 15) is 14.0 Å². The second-order valence-electron chi connectivity index (χ2n) is 6.62. The second-order valence-corrected chi connectivity index (χ2v) is 6.62. The molecular weight excluding hydrogens is 327 g/mol. The van der Waals surface area contributed by atoms with E-state index in [0.29, 0.717) is 11.4 Å². The molecule has 2 aromatic rings. The molecule has 0 fully saturated rings. The van der Waals surface area contributed by atoms with Gasteiger partial charge in [0.1, 0.15) is 23.7 Å². The molecular formula is C18H21FN2O4. The Morgan fingerprint density at radius 2 is 1.88 bits per heavy atom. The summed E-state index contributed by atoms with van der Waals surface area (Å²) in [5, 5.41) is 3.71. The van der Waals surface area contributed by atoms with Gasteiger partial charge in [-0.3, -0.25) is 9.69 Å². The fourth-order valence-electron chi connectivity index (χ4n) is 2.25. The van der Waals surface area contributed by atoms with Crippen LogP contribution in [-0.4, -0.2) is 28.7 Å². The Morgan fingerprint density at radius 3 is 2.40 bits per heavy atom. The molecule has 0 aliphatic rings. The normalized spacial score (nSPS) is 12.5. The van der Waals surface area contributed by atoms with E-state index in [1.807, 2.05) is 0 Å². The summed E-state index contributed by atoms with van der Waals surface area (Å²) in [6.45, 7) is 6.81. The third-order valence-electron chi connectivity index (χ3n) is 3.33. The number of carbonyl (C=O) groups excluding carboxylic acids is 2.